The van der Waals surface area contributed by atoms with Crippen LogP contribution in [0.5, 0.6) is 0 Å². The van der Waals surface area contributed by atoms with Crippen molar-refractivity contribution in [3.8, 4) is 0 Å². The number of Topliss-reactive ketones (excluding diaryl/α,β-unsaturated/α-hetero) is 1. The minimum atomic E-state index is -5.02. The van der Waals surface area contributed by atoms with E-state index in [2.05, 4.69) is 4.74 Å². The van der Waals surface area contributed by atoms with Crippen LogP contribution >= 0.6 is 0 Å². The first kappa shape index (κ1) is 20.0. The molecule has 0 heterocycles. The molecule has 0 fully saturated rings. The zero-order valence-electron chi connectivity index (χ0n) is 12.6. The van der Waals surface area contributed by atoms with Gasteiger partial charge in [0, 0.05) is 0 Å². The van der Waals surface area contributed by atoms with Crippen molar-refractivity contribution >= 4 is 21.9 Å². The van der Waals surface area contributed by atoms with Crippen molar-refractivity contribution < 1.29 is 37.1 Å². The summed E-state index contributed by atoms with van der Waals surface area (Å²) in [5.41, 5.74) is -0.696. The Kier molecular flexibility index (Phi) is 6.94. The predicted molar refractivity (Wildman–Crippen MR) is 72.8 cm³/mol. The SMILES string of the molecule is CCC(C)(C)C(=O)OCCOC(O)(CC(C)=O)S(=O)(=O)O. The van der Waals surface area contributed by atoms with E-state index in [0.29, 0.717) is 6.42 Å². The van der Waals surface area contributed by atoms with Crippen molar-refractivity contribution in [1.29, 1.82) is 0 Å². The summed E-state index contributed by atoms with van der Waals surface area (Å²) in [6.07, 6.45) is -0.383. The minimum absolute atomic E-state index is 0.321. The molecule has 2 N–H and O–H groups in total. The highest BCUT2D eigenvalue weighted by atomic mass is 32.2. The third-order valence-electron chi connectivity index (χ3n) is 2.96. The topological polar surface area (TPSA) is 127 Å². The van der Waals surface area contributed by atoms with Gasteiger partial charge in [0.05, 0.1) is 18.4 Å². The van der Waals surface area contributed by atoms with Crippen molar-refractivity contribution in [2.45, 2.75) is 45.7 Å². The summed E-state index contributed by atoms with van der Waals surface area (Å²) in [5, 5.41) is 6.63. The first-order valence-electron chi connectivity index (χ1n) is 6.36. The first-order chi connectivity index (χ1) is 9.35. The van der Waals surface area contributed by atoms with Crippen molar-refractivity contribution in [3.63, 3.8) is 0 Å². The Bertz CT molecular complexity index is 481. The fourth-order valence-corrected chi connectivity index (χ4v) is 1.82. The highest BCUT2D eigenvalue weighted by Gasteiger charge is 2.43. The normalized spacial score (nSPS) is 15.3. The van der Waals surface area contributed by atoms with Gasteiger partial charge in [-0.05, 0) is 27.2 Å². The number of ketones is 1. The smallest absolute Gasteiger partial charge is 0.322 e. The molecule has 0 aliphatic carbocycles. The third kappa shape index (κ3) is 6.08. The van der Waals surface area contributed by atoms with Crippen LogP contribution in [0.1, 0.15) is 40.5 Å². The van der Waals surface area contributed by atoms with Crippen LogP contribution in [0, 0.1) is 5.41 Å². The standard InChI is InChI=1S/C12H22O8S/c1-5-11(3,4)10(14)19-6-7-20-12(15,8-9(2)13)21(16,17)18/h15H,5-8H2,1-4H3,(H,16,17,18). The van der Waals surface area contributed by atoms with E-state index in [4.69, 9.17) is 9.29 Å². The molecule has 0 radical (unpaired) electrons. The van der Waals surface area contributed by atoms with Crippen molar-refractivity contribution in [2.75, 3.05) is 13.2 Å². The van der Waals surface area contributed by atoms with Gasteiger partial charge in [-0.15, -0.1) is 0 Å². The van der Waals surface area contributed by atoms with Gasteiger partial charge in [-0.2, -0.15) is 8.42 Å². The summed E-state index contributed by atoms with van der Waals surface area (Å²) in [6.45, 7) is 5.39. The monoisotopic (exact) mass is 326 g/mol. The van der Waals surface area contributed by atoms with Gasteiger partial charge >= 0.3 is 21.2 Å². The van der Waals surface area contributed by atoms with E-state index in [1.54, 1.807) is 13.8 Å². The maximum atomic E-state index is 11.6. The molecule has 0 aromatic rings. The number of esters is 1. The van der Waals surface area contributed by atoms with Gasteiger partial charge in [0.2, 0.25) is 0 Å². The molecule has 21 heavy (non-hydrogen) atoms. The fourth-order valence-electron chi connectivity index (χ4n) is 1.21. The van der Waals surface area contributed by atoms with E-state index in [9.17, 15) is 23.1 Å². The summed E-state index contributed by atoms with van der Waals surface area (Å²) < 4.78 is 40.5. The van der Waals surface area contributed by atoms with Crippen molar-refractivity contribution in [2.24, 2.45) is 5.41 Å². The highest BCUT2D eigenvalue weighted by Crippen LogP contribution is 2.22. The maximum absolute atomic E-state index is 11.6. The van der Waals surface area contributed by atoms with Crippen LogP contribution in [0.15, 0.2) is 0 Å². The number of carbonyl (C=O) groups is 2. The Hall–Kier alpha value is -1.03. The van der Waals surface area contributed by atoms with Crippen molar-refractivity contribution in [1.82, 2.24) is 0 Å². The van der Waals surface area contributed by atoms with Gasteiger partial charge in [0.15, 0.2) is 0 Å². The molecule has 0 amide bonds. The number of carbonyl (C=O) groups excluding carboxylic acids is 2. The number of ether oxygens (including phenoxy) is 2. The highest BCUT2D eigenvalue weighted by molar-refractivity contribution is 7.86. The quantitative estimate of drug-likeness (QED) is 0.271. The number of hydrogen-bond acceptors (Lipinski definition) is 7. The molecule has 0 rings (SSSR count). The maximum Gasteiger partial charge on any atom is 0.322 e. The summed E-state index contributed by atoms with van der Waals surface area (Å²) in [6, 6.07) is 0. The second-order valence-corrected chi connectivity index (χ2v) is 6.88. The molecule has 0 bridgehead atoms. The molecule has 0 saturated heterocycles. The van der Waals surface area contributed by atoms with Crippen LogP contribution in [0.2, 0.25) is 0 Å². The zero-order chi connectivity index (χ0) is 16.9. The minimum Gasteiger partial charge on any atom is -0.463 e. The van der Waals surface area contributed by atoms with Gasteiger partial charge in [-0.3, -0.25) is 14.1 Å². The molecule has 8 nitrogen and oxygen atoms in total. The molecule has 0 spiro atoms. The first-order valence-corrected chi connectivity index (χ1v) is 7.80. The number of aliphatic hydroxyl groups is 1. The van der Waals surface area contributed by atoms with E-state index < -0.39 is 45.4 Å². The summed E-state index contributed by atoms with van der Waals surface area (Å²) >= 11 is 0. The largest absolute Gasteiger partial charge is 0.463 e. The summed E-state index contributed by atoms with van der Waals surface area (Å²) in [5.74, 6) is -1.20. The molecule has 0 aromatic carbocycles. The average molecular weight is 326 g/mol. The Morgan fingerprint density at radius 3 is 2.10 bits per heavy atom. The summed E-state index contributed by atoms with van der Waals surface area (Å²) in [4.78, 5) is 22.5. The van der Waals surface area contributed by atoms with Gasteiger partial charge in [-0.1, -0.05) is 6.92 Å². The lowest BCUT2D eigenvalue weighted by Crippen LogP contribution is -2.43. The van der Waals surface area contributed by atoms with Gasteiger partial charge < -0.3 is 14.6 Å². The second kappa shape index (κ2) is 7.30. The van der Waals surface area contributed by atoms with Gasteiger partial charge in [-0.25, -0.2) is 0 Å². The average Bonchev–Trinajstić information content (AvgIpc) is 2.32. The number of hydrogen-bond donors (Lipinski definition) is 2. The van der Waals surface area contributed by atoms with E-state index in [1.165, 1.54) is 0 Å². The lowest BCUT2D eigenvalue weighted by atomic mass is 9.91. The van der Waals surface area contributed by atoms with Crippen LogP contribution in [0.25, 0.3) is 0 Å². The van der Waals surface area contributed by atoms with Crippen LogP contribution in [-0.4, -0.2) is 48.2 Å². The molecule has 0 saturated carbocycles. The molecule has 0 aliphatic heterocycles. The second-order valence-electron chi connectivity index (χ2n) is 5.29. The van der Waals surface area contributed by atoms with Crippen LogP contribution < -0.4 is 0 Å². The molecule has 124 valence electrons. The van der Waals surface area contributed by atoms with Gasteiger partial charge in [0.1, 0.15) is 12.4 Å². The Morgan fingerprint density at radius 2 is 1.71 bits per heavy atom. The van der Waals surface area contributed by atoms with Gasteiger partial charge in [0.25, 0.3) is 0 Å². The third-order valence-corrected chi connectivity index (χ3v) is 4.02. The molecule has 9 heteroatoms. The molecule has 1 unspecified atom stereocenters. The molecule has 0 aliphatic rings. The van der Waals surface area contributed by atoms with Crippen LogP contribution in [0.3, 0.4) is 0 Å². The Balaban J connectivity index is 4.55. The van der Waals surface area contributed by atoms with E-state index in [0.717, 1.165) is 6.92 Å². The van der Waals surface area contributed by atoms with E-state index in [-0.39, 0.29) is 6.61 Å². The summed E-state index contributed by atoms with van der Waals surface area (Å²) in [7, 11) is -5.02. The molecular weight excluding hydrogens is 304 g/mol. The molecule has 1 atom stereocenters. The predicted octanol–water partition coefficient (Wildman–Crippen LogP) is 0.495. The van der Waals surface area contributed by atoms with E-state index in [1.807, 2.05) is 6.92 Å². The fraction of sp³-hybridized carbons (Fsp3) is 0.833. The van der Waals surface area contributed by atoms with E-state index >= 15 is 0 Å². The lowest BCUT2D eigenvalue weighted by Gasteiger charge is -2.24. The van der Waals surface area contributed by atoms with Crippen molar-refractivity contribution in [3.05, 3.63) is 0 Å². The Labute approximate surface area is 124 Å². The number of rotatable bonds is 9. The van der Waals surface area contributed by atoms with Crippen LogP contribution in [0.4, 0.5) is 0 Å². The molecule has 0 aromatic heterocycles. The molecular formula is C12H22O8S. The Morgan fingerprint density at radius 1 is 1.19 bits per heavy atom. The van der Waals surface area contributed by atoms with Crippen LogP contribution in [-0.2, 0) is 29.2 Å². The zero-order valence-corrected chi connectivity index (χ0v) is 13.4. The lowest BCUT2D eigenvalue weighted by molar-refractivity contribution is -0.173.